The minimum Gasteiger partial charge on any atom is -0.508 e. The molecule has 1 fully saturated rings. The van der Waals surface area contributed by atoms with E-state index in [4.69, 9.17) is 0 Å². The second-order valence-corrected chi connectivity index (χ2v) is 4.52. The SMILES string of the molecule is Cc1c(O)cccc1C(=O)NCC1CCNC1. The Morgan fingerprint density at radius 2 is 2.41 bits per heavy atom. The molecule has 1 heterocycles. The molecule has 1 aliphatic heterocycles. The third kappa shape index (κ3) is 2.77. The van der Waals surface area contributed by atoms with Crippen LogP contribution in [0.15, 0.2) is 18.2 Å². The summed E-state index contributed by atoms with van der Waals surface area (Å²) in [6, 6.07) is 5.01. The Morgan fingerprint density at radius 3 is 3.12 bits per heavy atom. The molecule has 3 N–H and O–H groups in total. The van der Waals surface area contributed by atoms with Gasteiger partial charge in [-0.2, -0.15) is 0 Å². The molecule has 0 radical (unpaired) electrons. The van der Waals surface area contributed by atoms with E-state index in [9.17, 15) is 9.90 Å². The van der Waals surface area contributed by atoms with Gasteiger partial charge in [0.2, 0.25) is 0 Å². The van der Waals surface area contributed by atoms with Crippen LogP contribution in [0, 0.1) is 12.8 Å². The molecule has 2 rings (SSSR count). The molecule has 1 aliphatic rings. The fraction of sp³-hybridized carbons (Fsp3) is 0.462. The van der Waals surface area contributed by atoms with Crippen LogP contribution in [0.3, 0.4) is 0 Å². The molecular formula is C13H18N2O2. The van der Waals surface area contributed by atoms with E-state index in [1.807, 2.05) is 0 Å². The van der Waals surface area contributed by atoms with Crippen molar-refractivity contribution in [1.29, 1.82) is 0 Å². The zero-order valence-electron chi connectivity index (χ0n) is 9.99. The Kier molecular flexibility index (Phi) is 3.64. The van der Waals surface area contributed by atoms with Crippen LogP contribution in [-0.4, -0.2) is 30.6 Å². The Bertz CT molecular complexity index is 412. The number of nitrogens with one attached hydrogen (secondary N) is 2. The second-order valence-electron chi connectivity index (χ2n) is 4.52. The third-order valence-corrected chi connectivity index (χ3v) is 3.26. The fourth-order valence-corrected chi connectivity index (χ4v) is 2.09. The molecule has 1 aromatic rings. The zero-order chi connectivity index (χ0) is 12.3. The fourth-order valence-electron chi connectivity index (χ4n) is 2.09. The number of amides is 1. The molecule has 1 aromatic carbocycles. The number of phenols is 1. The number of carbonyl (C=O) groups excluding carboxylic acids is 1. The third-order valence-electron chi connectivity index (χ3n) is 3.26. The van der Waals surface area contributed by atoms with Crippen molar-refractivity contribution in [3.8, 4) is 5.75 Å². The molecular weight excluding hydrogens is 216 g/mol. The predicted molar refractivity (Wildman–Crippen MR) is 66.2 cm³/mol. The monoisotopic (exact) mass is 234 g/mol. The van der Waals surface area contributed by atoms with Gasteiger partial charge in [-0.05, 0) is 44.5 Å². The summed E-state index contributed by atoms with van der Waals surface area (Å²) in [5.41, 5.74) is 1.19. The van der Waals surface area contributed by atoms with Gasteiger partial charge in [0.15, 0.2) is 0 Å². The van der Waals surface area contributed by atoms with E-state index in [1.165, 1.54) is 0 Å². The van der Waals surface area contributed by atoms with Crippen molar-refractivity contribution < 1.29 is 9.90 Å². The Labute approximate surface area is 101 Å². The first-order valence-corrected chi connectivity index (χ1v) is 5.96. The summed E-state index contributed by atoms with van der Waals surface area (Å²) in [6.07, 6.45) is 1.11. The van der Waals surface area contributed by atoms with Crippen LogP contribution >= 0.6 is 0 Å². The minimum absolute atomic E-state index is 0.106. The second kappa shape index (κ2) is 5.19. The molecule has 1 atom stereocenters. The van der Waals surface area contributed by atoms with E-state index in [-0.39, 0.29) is 11.7 Å². The van der Waals surface area contributed by atoms with E-state index in [2.05, 4.69) is 10.6 Å². The number of benzene rings is 1. The standard InChI is InChI=1S/C13H18N2O2/c1-9-11(3-2-4-12(9)16)13(17)15-8-10-5-6-14-7-10/h2-4,10,14,16H,5-8H2,1H3,(H,15,17). The van der Waals surface area contributed by atoms with Crippen LogP contribution in [-0.2, 0) is 0 Å². The van der Waals surface area contributed by atoms with Gasteiger partial charge in [0.25, 0.3) is 5.91 Å². The quantitative estimate of drug-likeness (QED) is 0.732. The van der Waals surface area contributed by atoms with Gasteiger partial charge in [-0.3, -0.25) is 4.79 Å². The maximum Gasteiger partial charge on any atom is 0.251 e. The molecule has 1 amide bonds. The molecule has 0 saturated carbocycles. The van der Waals surface area contributed by atoms with Gasteiger partial charge in [-0.15, -0.1) is 0 Å². The number of rotatable bonds is 3. The van der Waals surface area contributed by atoms with Crippen LogP contribution in [0.2, 0.25) is 0 Å². The van der Waals surface area contributed by atoms with Crippen LogP contribution in [0.1, 0.15) is 22.3 Å². The highest BCUT2D eigenvalue weighted by Gasteiger charge is 2.16. The van der Waals surface area contributed by atoms with Crippen LogP contribution in [0.5, 0.6) is 5.75 Å². The smallest absolute Gasteiger partial charge is 0.251 e. The summed E-state index contributed by atoms with van der Waals surface area (Å²) in [5, 5.41) is 15.7. The van der Waals surface area contributed by atoms with Gasteiger partial charge in [-0.1, -0.05) is 6.07 Å². The predicted octanol–water partition coefficient (Wildman–Crippen LogP) is 1.04. The van der Waals surface area contributed by atoms with Crippen molar-refractivity contribution >= 4 is 5.91 Å². The van der Waals surface area contributed by atoms with Gasteiger partial charge in [0.1, 0.15) is 5.75 Å². The molecule has 92 valence electrons. The molecule has 0 spiro atoms. The number of carbonyl (C=O) groups is 1. The summed E-state index contributed by atoms with van der Waals surface area (Å²) >= 11 is 0. The first-order chi connectivity index (χ1) is 8.18. The summed E-state index contributed by atoms with van der Waals surface area (Å²) < 4.78 is 0. The van der Waals surface area contributed by atoms with Crippen molar-refractivity contribution in [2.45, 2.75) is 13.3 Å². The topological polar surface area (TPSA) is 61.4 Å². The molecule has 4 nitrogen and oxygen atoms in total. The maximum atomic E-state index is 11.9. The summed E-state index contributed by atoms with van der Waals surface area (Å²) in [5.74, 6) is 0.585. The molecule has 1 saturated heterocycles. The number of phenolic OH excluding ortho intramolecular Hbond substituents is 1. The van der Waals surface area contributed by atoms with Crippen molar-refractivity contribution in [1.82, 2.24) is 10.6 Å². The molecule has 17 heavy (non-hydrogen) atoms. The molecule has 0 aromatic heterocycles. The molecule has 1 unspecified atom stereocenters. The van der Waals surface area contributed by atoms with E-state index < -0.39 is 0 Å². The van der Waals surface area contributed by atoms with Gasteiger partial charge in [0.05, 0.1) is 0 Å². The van der Waals surface area contributed by atoms with Gasteiger partial charge in [-0.25, -0.2) is 0 Å². The van der Waals surface area contributed by atoms with E-state index in [0.717, 1.165) is 19.5 Å². The lowest BCUT2D eigenvalue weighted by Crippen LogP contribution is -2.30. The maximum absolute atomic E-state index is 11.9. The van der Waals surface area contributed by atoms with Crippen LogP contribution in [0.4, 0.5) is 0 Å². The van der Waals surface area contributed by atoms with Crippen molar-refractivity contribution in [3.63, 3.8) is 0 Å². The zero-order valence-corrected chi connectivity index (χ0v) is 9.99. The Hall–Kier alpha value is -1.55. The highest BCUT2D eigenvalue weighted by atomic mass is 16.3. The highest BCUT2D eigenvalue weighted by Crippen LogP contribution is 2.19. The lowest BCUT2D eigenvalue weighted by molar-refractivity contribution is 0.0947. The van der Waals surface area contributed by atoms with Gasteiger partial charge >= 0.3 is 0 Å². The number of hydrogen-bond donors (Lipinski definition) is 3. The van der Waals surface area contributed by atoms with Crippen LogP contribution < -0.4 is 10.6 Å². The minimum atomic E-state index is -0.106. The first kappa shape index (κ1) is 11.9. The van der Waals surface area contributed by atoms with Crippen molar-refractivity contribution in [3.05, 3.63) is 29.3 Å². The van der Waals surface area contributed by atoms with E-state index in [1.54, 1.807) is 25.1 Å². The number of hydrogen-bond acceptors (Lipinski definition) is 3. The average molecular weight is 234 g/mol. The van der Waals surface area contributed by atoms with Gasteiger partial charge < -0.3 is 15.7 Å². The average Bonchev–Trinajstić information content (AvgIpc) is 2.82. The van der Waals surface area contributed by atoms with Crippen molar-refractivity contribution in [2.24, 2.45) is 5.92 Å². The first-order valence-electron chi connectivity index (χ1n) is 5.96. The number of aromatic hydroxyl groups is 1. The molecule has 4 heteroatoms. The molecule has 0 aliphatic carbocycles. The summed E-state index contributed by atoms with van der Waals surface area (Å²) in [7, 11) is 0. The summed E-state index contributed by atoms with van der Waals surface area (Å²) in [4.78, 5) is 11.9. The Balaban J connectivity index is 1.97. The lowest BCUT2D eigenvalue weighted by atomic mass is 10.1. The Morgan fingerprint density at radius 1 is 1.59 bits per heavy atom. The van der Waals surface area contributed by atoms with E-state index in [0.29, 0.717) is 23.6 Å². The normalized spacial score (nSPS) is 19.2. The summed E-state index contributed by atoms with van der Waals surface area (Å²) in [6.45, 7) is 4.45. The van der Waals surface area contributed by atoms with Crippen molar-refractivity contribution in [2.75, 3.05) is 19.6 Å². The largest absolute Gasteiger partial charge is 0.508 e. The lowest BCUT2D eigenvalue weighted by Gasteiger charge is -2.11. The highest BCUT2D eigenvalue weighted by molar-refractivity contribution is 5.96. The molecule has 0 bridgehead atoms. The van der Waals surface area contributed by atoms with E-state index >= 15 is 0 Å². The van der Waals surface area contributed by atoms with Crippen LogP contribution in [0.25, 0.3) is 0 Å². The van der Waals surface area contributed by atoms with Gasteiger partial charge in [0, 0.05) is 17.7 Å².